The first-order valence-electron chi connectivity index (χ1n) is 10.1. The van der Waals surface area contributed by atoms with Crippen molar-refractivity contribution in [3.05, 3.63) is 101 Å². The normalized spacial score (nSPS) is 10.7. The van der Waals surface area contributed by atoms with Gasteiger partial charge in [0, 0.05) is 17.8 Å². The molecule has 0 saturated heterocycles. The molecule has 0 aliphatic rings. The first kappa shape index (κ1) is 22.3. The zero-order valence-corrected chi connectivity index (χ0v) is 17.7. The van der Waals surface area contributed by atoms with E-state index in [-0.39, 0.29) is 18.1 Å². The minimum atomic E-state index is -0.483. The molecule has 2 N–H and O–H groups in total. The Morgan fingerprint density at radius 1 is 1.00 bits per heavy atom. The highest BCUT2D eigenvalue weighted by atomic mass is 16.5. The number of aryl methyl sites for hydroxylation is 1. The second-order valence-corrected chi connectivity index (χ2v) is 7.08. The third kappa shape index (κ3) is 6.57. The fourth-order valence-corrected chi connectivity index (χ4v) is 2.97. The summed E-state index contributed by atoms with van der Waals surface area (Å²) >= 11 is 0. The second-order valence-electron chi connectivity index (χ2n) is 7.08. The van der Waals surface area contributed by atoms with E-state index in [9.17, 15) is 14.9 Å². The topological polar surface area (TPSA) is 91.2 Å². The van der Waals surface area contributed by atoms with Gasteiger partial charge in [0.05, 0.1) is 0 Å². The van der Waals surface area contributed by atoms with Gasteiger partial charge in [0.15, 0.2) is 6.61 Å². The Bertz CT molecular complexity index is 1160. The molecular weight excluding hydrogens is 402 g/mol. The number of benzene rings is 3. The number of hydrogen-bond acceptors (Lipinski definition) is 4. The van der Waals surface area contributed by atoms with Crippen molar-refractivity contribution in [1.29, 1.82) is 5.26 Å². The maximum atomic E-state index is 12.5. The first-order chi connectivity index (χ1) is 15.5. The molecule has 0 radical (unpaired) electrons. The predicted molar refractivity (Wildman–Crippen MR) is 124 cm³/mol. The van der Waals surface area contributed by atoms with Crippen LogP contribution in [0.25, 0.3) is 6.08 Å². The van der Waals surface area contributed by atoms with Crippen LogP contribution in [0.4, 0.5) is 5.69 Å². The average Bonchev–Trinajstić information content (AvgIpc) is 2.81. The summed E-state index contributed by atoms with van der Waals surface area (Å²) in [5.74, 6) is -0.394. The Labute approximate surface area is 187 Å². The standard InChI is InChI=1S/C26H23N3O3/c1-19-8-7-12-23(14-19)29-25(30)18-32-24-13-6-5-11-21(24)15-22(16-27)26(31)28-17-20-9-3-2-4-10-20/h2-15H,17-18H2,1H3,(H,28,31)(H,29,30)/b22-15+. The van der Waals surface area contributed by atoms with Crippen LogP contribution >= 0.6 is 0 Å². The van der Waals surface area contributed by atoms with E-state index in [0.717, 1.165) is 11.1 Å². The van der Waals surface area contributed by atoms with E-state index in [0.29, 0.717) is 23.5 Å². The Balaban J connectivity index is 1.65. The van der Waals surface area contributed by atoms with Gasteiger partial charge in [-0.1, -0.05) is 60.7 Å². The van der Waals surface area contributed by atoms with Crippen molar-refractivity contribution < 1.29 is 14.3 Å². The van der Waals surface area contributed by atoms with Gasteiger partial charge in [-0.3, -0.25) is 9.59 Å². The Hall–Kier alpha value is -4.37. The summed E-state index contributed by atoms with van der Waals surface area (Å²) in [6.45, 7) is 2.05. The minimum Gasteiger partial charge on any atom is -0.483 e. The third-order valence-corrected chi connectivity index (χ3v) is 4.54. The van der Waals surface area contributed by atoms with Crippen LogP contribution in [0.3, 0.4) is 0 Å². The smallest absolute Gasteiger partial charge is 0.262 e. The van der Waals surface area contributed by atoms with Gasteiger partial charge in [-0.25, -0.2) is 0 Å². The molecule has 0 aliphatic heterocycles. The predicted octanol–water partition coefficient (Wildman–Crippen LogP) is 4.24. The number of ether oxygens (including phenoxy) is 1. The van der Waals surface area contributed by atoms with Gasteiger partial charge in [-0.05, 0) is 42.3 Å². The van der Waals surface area contributed by atoms with Crippen LogP contribution < -0.4 is 15.4 Å². The van der Waals surface area contributed by atoms with Gasteiger partial charge in [0.1, 0.15) is 17.4 Å². The van der Waals surface area contributed by atoms with Crippen molar-refractivity contribution in [2.45, 2.75) is 13.5 Å². The molecule has 3 aromatic rings. The van der Waals surface area contributed by atoms with Crippen molar-refractivity contribution in [3.8, 4) is 11.8 Å². The maximum Gasteiger partial charge on any atom is 0.262 e. The molecule has 0 heterocycles. The highest BCUT2D eigenvalue weighted by molar-refractivity contribution is 6.02. The van der Waals surface area contributed by atoms with E-state index in [1.807, 2.05) is 61.5 Å². The molecule has 0 fully saturated rings. The van der Waals surface area contributed by atoms with Crippen molar-refractivity contribution in [1.82, 2.24) is 5.32 Å². The average molecular weight is 425 g/mol. The molecule has 0 unspecified atom stereocenters. The van der Waals surface area contributed by atoms with Gasteiger partial charge in [-0.15, -0.1) is 0 Å². The Kier molecular flexibility index (Phi) is 7.77. The molecule has 32 heavy (non-hydrogen) atoms. The van der Waals surface area contributed by atoms with Crippen LogP contribution in [0.2, 0.25) is 0 Å². The number of carbonyl (C=O) groups excluding carboxylic acids is 2. The molecule has 0 saturated carbocycles. The number of carbonyl (C=O) groups is 2. The lowest BCUT2D eigenvalue weighted by molar-refractivity contribution is -0.118. The molecule has 3 rings (SSSR count). The third-order valence-electron chi connectivity index (χ3n) is 4.54. The SMILES string of the molecule is Cc1cccc(NC(=O)COc2ccccc2/C=C(\C#N)C(=O)NCc2ccccc2)c1. The summed E-state index contributed by atoms with van der Waals surface area (Å²) in [6.07, 6.45) is 1.45. The molecule has 0 spiro atoms. The quantitative estimate of drug-likeness (QED) is 0.417. The lowest BCUT2D eigenvalue weighted by atomic mass is 10.1. The number of para-hydroxylation sites is 1. The van der Waals surface area contributed by atoms with E-state index in [1.165, 1.54) is 6.08 Å². The van der Waals surface area contributed by atoms with E-state index in [4.69, 9.17) is 4.74 Å². The van der Waals surface area contributed by atoms with E-state index in [2.05, 4.69) is 10.6 Å². The Morgan fingerprint density at radius 2 is 1.75 bits per heavy atom. The summed E-state index contributed by atoms with van der Waals surface area (Å²) < 4.78 is 5.66. The number of amides is 2. The van der Waals surface area contributed by atoms with Crippen LogP contribution in [-0.4, -0.2) is 18.4 Å². The Morgan fingerprint density at radius 3 is 2.50 bits per heavy atom. The van der Waals surface area contributed by atoms with Crippen LogP contribution in [0.5, 0.6) is 5.75 Å². The fraction of sp³-hybridized carbons (Fsp3) is 0.115. The van der Waals surface area contributed by atoms with Gasteiger partial charge < -0.3 is 15.4 Å². The van der Waals surface area contributed by atoms with Crippen LogP contribution in [0.15, 0.2) is 84.4 Å². The summed E-state index contributed by atoms with van der Waals surface area (Å²) in [6, 6.07) is 25.8. The number of nitrogens with zero attached hydrogens (tertiary/aromatic N) is 1. The minimum absolute atomic E-state index is 0.0545. The second kappa shape index (κ2) is 11.1. The molecule has 0 aromatic heterocycles. The van der Waals surface area contributed by atoms with Crippen molar-refractivity contribution >= 4 is 23.6 Å². The zero-order valence-electron chi connectivity index (χ0n) is 17.7. The number of nitrogens with one attached hydrogen (secondary N) is 2. The summed E-state index contributed by atoms with van der Waals surface area (Å²) in [7, 11) is 0. The van der Waals surface area contributed by atoms with Crippen molar-refractivity contribution in [2.75, 3.05) is 11.9 Å². The number of nitriles is 1. The van der Waals surface area contributed by atoms with Crippen LogP contribution in [0, 0.1) is 18.3 Å². The van der Waals surface area contributed by atoms with Crippen LogP contribution in [0.1, 0.15) is 16.7 Å². The molecule has 6 nitrogen and oxygen atoms in total. The van der Waals surface area contributed by atoms with Gasteiger partial charge in [0.25, 0.3) is 11.8 Å². The number of hydrogen-bond donors (Lipinski definition) is 2. The largest absolute Gasteiger partial charge is 0.483 e. The van der Waals surface area contributed by atoms with E-state index >= 15 is 0 Å². The summed E-state index contributed by atoms with van der Waals surface area (Å²) in [5.41, 5.74) is 3.13. The number of anilines is 1. The first-order valence-corrected chi connectivity index (χ1v) is 10.1. The highest BCUT2D eigenvalue weighted by Crippen LogP contribution is 2.21. The van der Waals surface area contributed by atoms with E-state index in [1.54, 1.807) is 30.3 Å². The molecule has 160 valence electrons. The highest BCUT2D eigenvalue weighted by Gasteiger charge is 2.12. The molecule has 0 atom stereocenters. The molecule has 0 bridgehead atoms. The maximum absolute atomic E-state index is 12.5. The van der Waals surface area contributed by atoms with Gasteiger partial charge in [-0.2, -0.15) is 5.26 Å². The van der Waals surface area contributed by atoms with Crippen molar-refractivity contribution in [3.63, 3.8) is 0 Å². The lowest BCUT2D eigenvalue weighted by Crippen LogP contribution is -2.24. The molecule has 0 aliphatic carbocycles. The summed E-state index contributed by atoms with van der Waals surface area (Å²) in [4.78, 5) is 24.7. The number of rotatable bonds is 8. The monoisotopic (exact) mass is 425 g/mol. The zero-order chi connectivity index (χ0) is 22.8. The molecule has 2 amide bonds. The fourth-order valence-electron chi connectivity index (χ4n) is 2.97. The van der Waals surface area contributed by atoms with Gasteiger partial charge >= 0.3 is 0 Å². The summed E-state index contributed by atoms with van der Waals surface area (Å²) in [5, 5.41) is 15.0. The van der Waals surface area contributed by atoms with Gasteiger partial charge in [0.2, 0.25) is 0 Å². The van der Waals surface area contributed by atoms with E-state index < -0.39 is 5.91 Å². The molecule has 6 heteroatoms. The molecular formula is C26H23N3O3. The van der Waals surface area contributed by atoms with Crippen molar-refractivity contribution in [2.24, 2.45) is 0 Å². The molecule has 3 aromatic carbocycles. The van der Waals surface area contributed by atoms with Crippen LogP contribution in [-0.2, 0) is 16.1 Å². The lowest BCUT2D eigenvalue weighted by Gasteiger charge is -2.10.